The number of likely N-dealkylation sites (tertiary alicyclic amines) is 1. The molecule has 4 nitrogen and oxygen atoms in total. The van der Waals surface area contributed by atoms with E-state index in [1.165, 1.54) is 6.07 Å². The summed E-state index contributed by atoms with van der Waals surface area (Å²) in [6.07, 6.45) is 3.20. The first kappa shape index (κ1) is 15.7. The first-order chi connectivity index (χ1) is 10.1. The van der Waals surface area contributed by atoms with Crippen molar-refractivity contribution in [1.82, 2.24) is 4.90 Å². The maximum absolute atomic E-state index is 13.3. The normalized spacial score (nSPS) is 19.4. The van der Waals surface area contributed by atoms with Crippen LogP contribution in [0.2, 0.25) is 0 Å². The molecule has 0 amide bonds. The van der Waals surface area contributed by atoms with Crippen molar-refractivity contribution in [2.45, 2.75) is 31.7 Å². The Morgan fingerprint density at radius 2 is 2.19 bits per heavy atom. The molecule has 6 heteroatoms. The molecule has 1 atom stereocenters. The van der Waals surface area contributed by atoms with E-state index in [1.54, 1.807) is 0 Å². The predicted molar refractivity (Wildman–Crippen MR) is 73.3 cm³/mol. The number of ether oxygens (including phenoxy) is 1. The van der Waals surface area contributed by atoms with Crippen LogP contribution in [0.3, 0.4) is 0 Å². The highest BCUT2D eigenvalue weighted by molar-refractivity contribution is 5.73. The predicted octanol–water partition coefficient (Wildman–Crippen LogP) is 2.67. The number of aliphatic carboxylic acids is 1. The lowest BCUT2D eigenvalue weighted by atomic mass is 10.0. The molecule has 116 valence electrons. The summed E-state index contributed by atoms with van der Waals surface area (Å²) in [6.45, 7) is 1.63. The van der Waals surface area contributed by atoms with Gasteiger partial charge in [0.1, 0.15) is 11.9 Å². The number of halogens is 2. The largest absolute Gasteiger partial charge is 0.490 e. The van der Waals surface area contributed by atoms with Gasteiger partial charge in [0.15, 0.2) is 11.6 Å². The number of carboxylic acid groups (broad SMARTS) is 1. The molecular weight excluding hydrogens is 280 g/mol. The molecule has 1 aromatic rings. The van der Waals surface area contributed by atoms with Crippen molar-refractivity contribution < 1.29 is 23.4 Å². The summed E-state index contributed by atoms with van der Waals surface area (Å²) in [4.78, 5) is 13.1. The third kappa shape index (κ3) is 4.39. The van der Waals surface area contributed by atoms with Crippen molar-refractivity contribution in [2.75, 3.05) is 19.7 Å². The summed E-state index contributed by atoms with van der Waals surface area (Å²) in [5.41, 5.74) is 0. The Morgan fingerprint density at radius 3 is 2.90 bits per heavy atom. The highest BCUT2D eigenvalue weighted by Crippen LogP contribution is 2.19. The van der Waals surface area contributed by atoms with E-state index < -0.39 is 23.6 Å². The lowest BCUT2D eigenvalue weighted by molar-refractivity contribution is -0.144. The third-order valence-corrected chi connectivity index (χ3v) is 3.64. The van der Waals surface area contributed by atoms with E-state index in [0.717, 1.165) is 31.5 Å². The molecule has 21 heavy (non-hydrogen) atoms. The van der Waals surface area contributed by atoms with Crippen LogP contribution in [0.15, 0.2) is 18.2 Å². The second-order valence-corrected chi connectivity index (χ2v) is 5.16. The molecule has 0 aliphatic carbocycles. The zero-order chi connectivity index (χ0) is 15.2. The van der Waals surface area contributed by atoms with Crippen molar-refractivity contribution >= 4 is 5.97 Å². The van der Waals surface area contributed by atoms with Crippen LogP contribution in [0, 0.1) is 11.6 Å². The molecule has 1 unspecified atom stereocenters. The number of carbonyl (C=O) groups is 1. The summed E-state index contributed by atoms with van der Waals surface area (Å²) in [5.74, 6) is -2.14. The summed E-state index contributed by atoms with van der Waals surface area (Å²) < 4.78 is 31.3. The lowest BCUT2D eigenvalue weighted by Gasteiger charge is -2.32. The van der Waals surface area contributed by atoms with Gasteiger partial charge in [0.05, 0.1) is 6.61 Å². The van der Waals surface area contributed by atoms with Crippen LogP contribution in [0.1, 0.15) is 25.7 Å². The molecule has 2 rings (SSSR count). The molecule has 0 aromatic heterocycles. The van der Waals surface area contributed by atoms with Gasteiger partial charge in [0.25, 0.3) is 0 Å². The second kappa shape index (κ2) is 7.36. The van der Waals surface area contributed by atoms with Gasteiger partial charge in [0, 0.05) is 12.6 Å². The quantitative estimate of drug-likeness (QED) is 0.821. The Bertz CT molecular complexity index is 496. The number of piperidine rings is 1. The van der Waals surface area contributed by atoms with Gasteiger partial charge in [-0.25, -0.2) is 8.78 Å². The average molecular weight is 299 g/mol. The third-order valence-electron chi connectivity index (χ3n) is 3.64. The van der Waals surface area contributed by atoms with E-state index in [0.29, 0.717) is 19.4 Å². The number of rotatable bonds is 6. The van der Waals surface area contributed by atoms with Crippen LogP contribution < -0.4 is 4.74 Å². The minimum atomic E-state index is -0.791. The first-order valence-corrected chi connectivity index (χ1v) is 7.12. The molecule has 1 N–H and O–H groups in total. The van der Waals surface area contributed by atoms with Crippen LogP contribution in [-0.4, -0.2) is 41.7 Å². The van der Waals surface area contributed by atoms with E-state index in [9.17, 15) is 13.6 Å². The monoisotopic (exact) mass is 299 g/mol. The summed E-state index contributed by atoms with van der Waals surface area (Å²) in [5, 5.41) is 9.15. The Labute approximate surface area is 122 Å². The minimum absolute atomic E-state index is 0.0184. The number of nitrogens with zero attached hydrogens (tertiary/aromatic N) is 1. The molecule has 0 radical (unpaired) electrons. The lowest BCUT2D eigenvalue weighted by Crippen LogP contribution is -2.45. The number of benzene rings is 1. The van der Waals surface area contributed by atoms with E-state index in [4.69, 9.17) is 9.84 Å². The molecule has 0 bridgehead atoms. The maximum atomic E-state index is 13.3. The van der Waals surface area contributed by atoms with Gasteiger partial charge in [-0.05, 0) is 37.9 Å². The van der Waals surface area contributed by atoms with E-state index >= 15 is 0 Å². The SMILES string of the molecule is O=C(O)C1CCCCN1CCCOc1ccc(F)cc1F. The molecular formula is C15H19F2NO3. The maximum Gasteiger partial charge on any atom is 0.320 e. The highest BCUT2D eigenvalue weighted by atomic mass is 19.1. The van der Waals surface area contributed by atoms with Gasteiger partial charge in [-0.1, -0.05) is 6.42 Å². The van der Waals surface area contributed by atoms with Crippen molar-refractivity contribution in [2.24, 2.45) is 0 Å². The zero-order valence-electron chi connectivity index (χ0n) is 11.7. The van der Waals surface area contributed by atoms with Gasteiger partial charge in [0.2, 0.25) is 0 Å². The average Bonchev–Trinajstić information content (AvgIpc) is 2.45. The Hall–Kier alpha value is -1.69. The molecule has 1 heterocycles. The van der Waals surface area contributed by atoms with Crippen molar-refractivity contribution in [1.29, 1.82) is 0 Å². The molecule has 1 fully saturated rings. The fourth-order valence-electron chi connectivity index (χ4n) is 2.58. The Kier molecular flexibility index (Phi) is 5.50. The smallest absolute Gasteiger partial charge is 0.320 e. The second-order valence-electron chi connectivity index (χ2n) is 5.16. The standard InChI is InChI=1S/C15H19F2NO3/c16-11-5-6-14(12(17)10-11)21-9-3-8-18-7-2-1-4-13(18)15(19)20/h5-6,10,13H,1-4,7-9H2,(H,19,20). The minimum Gasteiger partial charge on any atom is -0.490 e. The van der Waals surface area contributed by atoms with Gasteiger partial charge in [-0.15, -0.1) is 0 Å². The van der Waals surface area contributed by atoms with Crippen LogP contribution in [0.5, 0.6) is 5.75 Å². The zero-order valence-corrected chi connectivity index (χ0v) is 11.7. The van der Waals surface area contributed by atoms with Gasteiger partial charge >= 0.3 is 5.97 Å². The van der Waals surface area contributed by atoms with E-state index in [2.05, 4.69) is 0 Å². The van der Waals surface area contributed by atoms with Crippen LogP contribution in [0.25, 0.3) is 0 Å². The van der Waals surface area contributed by atoms with Crippen LogP contribution in [-0.2, 0) is 4.79 Å². The molecule has 1 aromatic carbocycles. The number of hydrogen-bond acceptors (Lipinski definition) is 3. The van der Waals surface area contributed by atoms with Crippen molar-refractivity contribution in [3.63, 3.8) is 0 Å². The molecule has 1 aliphatic heterocycles. The molecule has 1 aliphatic rings. The van der Waals surface area contributed by atoms with Crippen LogP contribution in [0.4, 0.5) is 8.78 Å². The summed E-state index contributed by atoms with van der Waals surface area (Å²) in [7, 11) is 0. The van der Waals surface area contributed by atoms with Crippen molar-refractivity contribution in [3.05, 3.63) is 29.8 Å². The van der Waals surface area contributed by atoms with Crippen molar-refractivity contribution in [3.8, 4) is 5.75 Å². The van der Waals surface area contributed by atoms with Gasteiger partial charge < -0.3 is 9.84 Å². The molecule has 0 spiro atoms. The number of hydrogen-bond donors (Lipinski definition) is 1. The van der Waals surface area contributed by atoms with Crippen LogP contribution >= 0.6 is 0 Å². The van der Waals surface area contributed by atoms with Gasteiger partial charge in [-0.2, -0.15) is 0 Å². The fraction of sp³-hybridized carbons (Fsp3) is 0.533. The first-order valence-electron chi connectivity index (χ1n) is 7.12. The Balaban J connectivity index is 1.77. The summed E-state index contributed by atoms with van der Waals surface area (Å²) >= 11 is 0. The Morgan fingerprint density at radius 1 is 1.38 bits per heavy atom. The van der Waals surface area contributed by atoms with E-state index in [-0.39, 0.29) is 12.4 Å². The molecule has 1 saturated heterocycles. The number of carboxylic acids is 1. The highest BCUT2D eigenvalue weighted by Gasteiger charge is 2.27. The summed E-state index contributed by atoms with van der Waals surface area (Å²) in [6, 6.07) is 2.75. The van der Waals surface area contributed by atoms with Gasteiger partial charge in [-0.3, -0.25) is 9.69 Å². The molecule has 0 saturated carbocycles. The topological polar surface area (TPSA) is 49.8 Å². The van der Waals surface area contributed by atoms with E-state index in [1.807, 2.05) is 4.90 Å². The fourth-order valence-corrected chi connectivity index (χ4v) is 2.58.